The molecule has 1 amide bonds. The molecule has 1 unspecified atom stereocenters. The molecule has 0 radical (unpaired) electrons. The Morgan fingerprint density at radius 2 is 1.96 bits per heavy atom. The van der Waals surface area contributed by atoms with E-state index in [1.807, 2.05) is 48.9 Å². The minimum atomic E-state index is -0.267. The van der Waals surface area contributed by atoms with E-state index in [-0.39, 0.29) is 11.2 Å². The number of nitrogens with one attached hydrogen (secondary N) is 1. The number of hydrogen-bond donors (Lipinski definition) is 1. The predicted molar refractivity (Wildman–Crippen MR) is 103 cm³/mol. The van der Waals surface area contributed by atoms with Crippen molar-refractivity contribution in [3.8, 4) is 11.3 Å². The van der Waals surface area contributed by atoms with Crippen LogP contribution in [0, 0.1) is 0 Å². The number of thioether (sulfide) groups is 2. The van der Waals surface area contributed by atoms with E-state index in [1.54, 1.807) is 11.8 Å². The number of rotatable bonds is 6. The van der Waals surface area contributed by atoms with Crippen molar-refractivity contribution in [1.82, 2.24) is 15.2 Å². The molecule has 2 aromatic heterocycles. The lowest BCUT2D eigenvalue weighted by molar-refractivity contribution is -0.115. The topological polar surface area (TPSA) is 67.8 Å². The number of aromatic nitrogens is 3. The van der Waals surface area contributed by atoms with Crippen molar-refractivity contribution in [3.63, 3.8) is 0 Å². The Labute approximate surface area is 156 Å². The van der Waals surface area contributed by atoms with Crippen molar-refractivity contribution >= 4 is 57.2 Å². The Morgan fingerprint density at radius 1 is 1.21 bits per heavy atom. The first-order chi connectivity index (χ1) is 11.7. The van der Waals surface area contributed by atoms with Crippen molar-refractivity contribution in [1.29, 1.82) is 0 Å². The summed E-state index contributed by atoms with van der Waals surface area (Å²) in [6.45, 7) is 1.85. The summed E-state index contributed by atoms with van der Waals surface area (Å²) in [5.74, 6) is -0.0881. The molecule has 0 aliphatic rings. The molecule has 0 fully saturated rings. The maximum Gasteiger partial charge on any atom is 0.239 e. The first kappa shape index (κ1) is 17.4. The van der Waals surface area contributed by atoms with Crippen LogP contribution >= 0.6 is 46.2 Å². The second-order valence-electron chi connectivity index (χ2n) is 4.69. The molecular formula is C15H14N4OS4. The van der Waals surface area contributed by atoms with Gasteiger partial charge in [-0.3, -0.25) is 4.79 Å². The van der Waals surface area contributed by atoms with Gasteiger partial charge in [0, 0.05) is 10.9 Å². The normalized spacial score (nSPS) is 12.1. The molecule has 1 atom stereocenters. The summed E-state index contributed by atoms with van der Waals surface area (Å²) in [6, 6.07) is 9.90. The summed E-state index contributed by atoms with van der Waals surface area (Å²) in [7, 11) is 0. The number of carbonyl (C=O) groups excluding carboxylic acids is 1. The Morgan fingerprint density at radius 3 is 2.67 bits per heavy atom. The molecule has 124 valence electrons. The highest BCUT2D eigenvalue weighted by molar-refractivity contribution is 8.03. The zero-order chi connectivity index (χ0) is 16.9. The van der Waals surface area contributed by atoms with Crippen LogP contribution in [0.4, 0.5) is 5.13 Å². The highest BCUT2D eigenvalue weighted by Crippen LogP contribution is 2.31. The fourth-order valence-corrected chi connectivity index (χ4v) is 5.12. The third-order valence-electron chi connectivity index (χ3n) is 3.01. The lowest BCUT2D eigenvalue weighted by atomic mass is 10.2. The standard InChI is InChI=1S/C15H14N4OS4/c1-9(23-15-19-18-14(21-2)24-15)12(20)17-13-16-11(8-22-13)10-6-4-3-5-7-10/h3-9H,1-2H3,(H,16,17,20). The lowest BCUT2D eigenvalue weighted by Crippen LogP contribution is -2.22. The van der Waals surface area contributed by atoms with Crippen molar-refractivity contribution < 1.29 is 4.79 Å². The van der Waals surface area contributed by atoms with Crippen LogP contribution in [0.25, 0.3) is 11.3 Å². The van der Waals surface area contributed by atoms with Crippen LogP contribution in [0.2, 0.25) is 0 Å². The van der Waals surface area contributed by atoms with Gasteiger partial charge in [-0.05, 0) is 13.2 Å². The highest BCUT2D eigenvalue weighted by Gasteiger charge is 2.18. The maximum atomic E-state index is 12.3. The molecule has 0 saturated carbocycles. The Balaban J connectivity index is 1.61. The van der Waals surface area contributed by atoms with E-state index in [0.29, 0.717) is 5.13 Å². The molecule has 0 saturated heterocycles. The molecule has 24 heavy (non-hydrogen) atoms. The number of hydrogen-bond acceptors (Lipinski definition) is 8. The van der Waals surface area contributed by atoms with Crippen LogP contribution in [-0.2, 0) is 4.79 Å². The van der Waals surface area contributed by atoms with Crippen molar-refractivity contribution in [2.24, 2.45) is 0 Å². The van der Waals surface area contributed by atoms with E-state index in [1.165, 1.54) is 34.4 Å². The van der Waals surface area contributed by atoms with Gasteiger partial charge in [-0.25, -0.2) is 4.98 Å². The molecule has 0 spiro atoms. The smallest absolute Gasteiger partial charge is 0.239 e. The monoisotopic (exact) mass is 394 g/mol. The van der Waals surface area contributed by atoms with Crippen LogP contribution in [0.1, 0.15) is 6.92 Å². The minimum Gasteiger partial charge on any atom is -0.301 e. The molecule has 5 nitrogen and oxygen atoms in total. The average molecular weight is 395 g/mol. The third kappa shape index (κ3) is 4.35. The highest BCUT2D eigenvalue weighted by atomic mass is 32.2. The van der Waals surface area contributed by atoms with E-state index in [4.69, 9.17) is 0 Å². The summed E-state index contributed by atoms with van der Waals surface area (Å²) >= 11 is 5.88. The number of benzene rings is 1. The van der Waals surface area contributed by atoms with Crippen molar-refractivity contribution in [2.45, 2.75) is 20.9 Å². The van der Waals surface area contributed by atoms with Crippen LogP contribution in [0.3, 0.4) is 0 Å². The fourth-order valence-electron chi connectivity index (χ4n) is 1.81. The van der Waals surface area contributed by atoms with E-state index < -0.39 is 0 Å². The van der Waals surface area contributed by atoms with Gasteiger partial charge in [0.25, 0.3) is 0 Å². The molecule has 2 heterocycles. The van der Waals surface area contributed by atoms with Gasteiger partial charge >= 0.3 is 0 Å². The zero-order valence-electron chi connectivity index (χ0n) is 12.9. The van der Waals surface area contributed by atoms with E-state index in [2.05, 4.69) is 20.5 Å². The number of thiazole rings is 1. The zero-order valence-corrected chi connectivity index (χ0v) is 16.2. The first-order valence-corrected chi connectivity index (χ1v) is 10.8. The largest absolute Gasteiger partial charge is 0.301 e. The average Bonchev–Trinajstić information content (AvgIpc) is 3.25. The van der Waals surface area contributed by atoms with Gasteiger partial charge in [-0.1, -0.05) is 65.2 Å². The van der Waals surface area contributed by atoms with Crippen LogP contribution in [0.5, 0.6) is 0 Å². The van der Waals surface area contributed by atoms with Crippen LogP contribution in [-0.4, -0.2) is 32.6 Å². The molecular weight excluding hydrogens is 380 g/mol. The summed E-state index contributed by atoms with van der Waals surface area (Å²) < 4.78 is 1.70. The summed E-state index contributed by atoms with van der Waals surface area (Å²) in [5, 5.41) is 13.3. The van der Waals surface area contributed by atoms with Crippen molar-refractivity contribution in [2.75, 3.05) is 11.6 Å². The van der Waals surface area contributed by atoms with Gasteiger partial charge in [-0.15, -0.1) is 21.5 Å². The molecule has 0 aliphatic heterocycles. The molecule has 1 aromatic carbocycles. The van der Waals surface area contributed by atoms with Crippen LogP contribution < -0.4 is 5.32 Å². The quantitative estimate of drug-likeness (QED) is 0.621. The molecule has 0 aliphatic carbocycles. The van der Waals surface area contributed by atoms with Gasteiger partial charge in [0.05, 0.1) is 10.9 Å². The minimum absolute atomic E-state index is 0.0881. The Bertz CT molecular complexity index is 818. The molecule has 9 heteroatoms. The first-order valence-electron chi connectivity index (χ1n) is 7.01. The van der Waals surface area contributed by atoms with E-state index in [9.17, 15) is 4.79 Å². The van der Waals surface area contributed by atoms with E-state index >= 15 is 0 Å². The number of carbonyl (C=O) groups is 1. The molecule has 0 bridgehead atoms. The fraction of sp³-hybridized carbons (Fsp3) is 0.200. The van der Waals surface area contributed by atoms with Gasteiger partial charge in [0.15, 0.2) is 13.8 Å². The molecule has 1 N–H and O–H groups in total. The van der Waals surface area contributed by atoms with E-state index in [0.717, 1.165) is 19.9 Å². The number of anilines is 1. The number of amides is 1. The second-order valence-corrected chi connectivity index (χ2v) is 9.17. The lowest BCUT2D eigenvalue weighted by Gasteiger charge is -2.07. The SMILES string of the molecule is CSc1nnc(SC(C)C(=O)Nc2nc(-c3ccccc3)cs2)s1. The molecule has 3 aromatic rings. The summed E-state index contributed by atoms with van der Waals surface area (Å²) in [4.78, 5) is 16.8. The third-order valence-corrected chi connectivity index (χ3v) is 6.85. The van der Waals surface area contributed by atoms with Crippen LogP contribution in [0.15, 0.2) is 44.4 Å². The van der Waals surface area contributed by atoms with Gasteiger partial charge < -0.3 is 5.32 Å². The summed E-state index contributed by atoms with van der Waals surface area (Å²) in [5.41, 5.74) is 1.90. The number of nitrogens with zero attached hydrogens (tertiary/aromatic N) is 3. The molecule has 3 rings (SSSR count). The Kier molecular flexibility index (Phi) is 5.88. The maximum absolute atomic E-state index is 12.3. The van der Waals surface area contributed by atoms with Crippen molar-refractivity contribution in [3.05, 3.63) is 35.7 Å². The van der Waals surface area contributed by atoms with Gasteiger partial charge in [0.2, 0.25) is 5.91 Å². The Hall–Kier alpha value is -1.42. The summed E-state index contributed by atoms with van der Waals surface area (Å²) in [6.07, 6.45) is 1.96. The van der Waals surface area contributed by atoms with Gasteiger partial charge in [-0.2, -0.15) is 0 Å². The second kappa shape index (κ2) is 8.11. The van der Waals surface area contributed by atoms with Gasteiger partial charge in [0.1, 0.15) is 0 Å². The predicted octanol–water partition coefficient (Wildman–Crippen LogP) is 4.50.